The molecule has 1 nitrogen and oxygen atoms in total. The van der Waals surface area contributed by atoms with E-state index in [1.165, 1.54) is 37.7 Å². The van der Waals surface area contributed by atoms with Crippen molar-refractivity contribution in [2.45, 2.75) is 99.7 Å². The van der Waals surface area contributed by atoms with Gasteiger partial charge in [-0.15, -0.1) is 0 Å². The molecule has 0 radical (unpaired) electrons. The molecule has 23 heavy (non-hydrogen) atoms. The number of rotatable bonds is 0. The lowest BCUT2D eigenvalue weighted by Crippen LogP contribution is -2.36. The van der Waals surface area contributed by atoms with Crippen LogP contribution in [0, 0.1) is 29.1 Å². The third kappa shape index (κ3) is 4.41. The van der Waals surface area contributed by atoms with Gasteiger partial charge in [0, 0.05) is 5.92 Å². The molecule has 3 fully saturated rings. The van der Waals surface area contributed by atoms with Gasteiger partial charge in [-0.3, -0.25) is 0 Å². The Morgan fingerprint density at radius 1 is 0.957 bits per heavy atom. The van der Waals surface area contributed by atoms with Gasteiger partial charge in [-0.1, -0.05) is 53.7 Å². The predicted molar refractivity (Wildman–Crippen MR) is 103 cm³/mol. The Kier molecular flexibility index (Phi) is 7.84. The van der Waals surface area contributed by atoms with Crippen LogP contribution >= 0.6 is 0 Å². The third-order valence-corrected chi connectivity index (χ3v) is 6.37. The zero-order chi connectivity index (χ0) is 17.8. The molecule has 3 rings (SSSR count). The Bertz CT molecular complexity index is 370. The summed E-state index contributed by atoms with van der Waals surface area (Å²) in [6, 6.07) is 0. The maximum Gasteiger partial charge on any atom is 0.0619 e. The summed E-state index contributed by atoms with van der Waals surface area (Å²) in [6.07, 6.45) is 7.75. The molecule has 0 amide bonds. The first kappa shape index (κ1) is 20.7. The van der Waals surface area contributed by atoms with Crippen molar-refractivity contribution >= 4 is 0 Å². The van der Waals surface area contributed by atoms with Crippen LogP contribution in [0.3, 0.4) is 0 Å². The van der Waals surface area contributed by atoms with Crippen LogP contribution < -0.4 is 0 Å². The van der Waals surface area contributed by atoms with E-state index >= 15 is 0 Å². The molecule has 2 saturated carbocycles. The molecule has 0 aromatic heterocycles. The molecular weight excluding hydrogens is 280 g/mol. The zero-order valence-electron chi connectivity index (χ0n) is 17.1. The fourth-order valence-corrected chi connectivity index (χ4v) is 5.13. The van der Waals surface area contributed by atoms with Crippen molar-refractivity contribution in [2.24, 2.45) is 29.1 Å². The lowest BCUT2D eigenvalue weighted by atomic mass is 9.63. The third-order valence-electron chi connectivity index (χ3n) is 6.37. The van der Waals surface area contributed by atoms with Crippen molar-refractivity contribution in [1.29, 1.82) is 0 Å². The minimum atomic E-state index is 0.393. The number of hydrogen-bond acceptors (Lipinski definition) is 1. The summed E-state index contributed by atoms with van der Waals surface area (Å²) in [5.41, 5.74) is 2.08. The maximum atomic E-state index is 6.10. The fourth-order valence-electron chi connectivity index (χ4n) is 5.13. The molecule has 1 saturated heterocycles. The van der Waals surface area contributed by atoms with Gasteiger partial charge in [0.2, 0.25) is 0 Å². The molecule has 3 aliphatic rings. The fraction of sp³-hybridized carbons (Fsp3) is 0.909. The first-order chi connectivity index (χ1) is 10.9. The first-order valence-electron chi connectivity index (χ1n) is 10.2. The maximum absolute atomic E-state index is 6.10. The van der Waals surface area contributed by atoms with E-state index < -0.39 is 0 Å². The van der Waals surface area contributed by atoms with Crippen molar-refractivity contribution in [2.75, 3.05) is 0 Å². The highest BCUT2D eigenvalue weighted by Crippen LogP contribution is 2.54. The second kappa shape index (κ2) is 8.70. The lowest BCUT2D eigenvalue weighted by Gasteiger charge is -2.41. The van der Waals surface area contributed by atoms with Gasteiger partial charge in [0.1, 0.15) is 0 Å². The largest absolute Gasteiger partial charge is 0.375 e. The van der Waals surface area contributed by atoms with Crippen LogP contribution in [0.25, 0.3) is 0 Å². The summed E-state index contributed by atoms with van der Waals surface area (Å²) in [5, 5.41) is 0. The molecule has 1 heterocycles. The topological polar surface area (TPSA) is 9.23 Å². The van der Waals surface area contributed by atoms with Crippen LogP contribution in [-0.4, -0.2) is 12.2 Å². The molecule has 6 atom stereocenters. The van der Waals surface area contributed by atoms with E-state index in [-0.39, 0.29) is 0 Å². The molecular formula is C22H42O. The number of fused-ring (bicyclic) bond motifs is 2. The Balaban J connectivity index is 0.000000615. The normalized spacial score (nSPS) is 41.3. The summed E-state index contributed by atoms with van der Waals surface area (Å²) >= 11 is 0. The molecule has 0 aromatic rings. The van der Waals surface area contributed by atoms with Crippen LogP contribution in [0.1, 0.15) is 87.5 Å². The van der Waals surface area contributed by atoms with E-state index in [9.17, 15) is 0 Å². The number of ether oxygens (including phenoxy) is 1. The van der Waals surface area contributed by atoms with Crippen LogP contribution in [-0.2, 0) is 4.74 Å². The van der Waals surface area contributed by atoms with Gasteiger partial charge >= 0.3 is 0 Å². The Hall–Kier alpha value is -0.300. The molecule has 2 aliphatic carbocycles. The molecule has 6 unspecified atom stereocenters. The van der Waals surface area contributed by atoms with Gasteiger partial charge in [-0.05, 0) is 69.1 Å². The van der Waals surface area contributed by atoms with Gasteiger partial charge in [0.25, 0.3) is 0 Å². The van der Waals surface area contributed by atoms with Crippen molar-refractivity contribution in [1.82, 2.24) is 0 Å². The number of hydrogen-bond donors (Lipinski definition) is 0. The lowest BCUT2D eigenvalue weighted by molar-refractivity contribution is 0.0512. The van der Waals surface area contributed by atoms with Crippen molar-refractivity contribution < 1.29 is 4.74 Å². The van der Waals surface area contributed by atoms with Crippen LogP contribution in [0.4, 0.5) is 0 Å². The van der Waals surface area contributed by atoms with Crippen molar-refractivity contribution in [3.8, 4) is 0 Å². The van der Waals surface area contributed by atoms with Gasteiger partial charge in [0.15, 0.2) is 0 Å². The minimum absolute atomic E-state index is 0.393. The molecule has 1 heteroatoms. The van der Waals surface area contributed by atoms with E-state index in [1.807, 2.05) is 27.7 Å². The van der Waals surface area contributed by atoms with Crippen molar-refractivity contribution in [3.05, 3.63) is 12.2 Å². The molecule has 0 spiro atoms. The average molecular weight is 323 g/mol. The van der Waals surface area contributed by atoms with Crippen LogP contribution in [0.15, 0.2) is 12.2 Å². The quantitative estimate of drug-likeness (QED) is 0.442. The minimum Gasteiger partial charge on any atom is -0.375 e. The highest BCUT2D eigenvalue weighted by atomic mass is 16.5. The zero-order valence-corrected chi connectivity index (χ0v) is 17.1. The molecule has 0 N–H and O–H groups in total. The molecule has 0 aromatic carbocycles. The molecule has 136 valence electrons. The van der Waals surface area contributed by atoms with E-state index in [0.29, 0.717) is 23.5 Å². The van der Waals surface area contributed by atoms with Crippen LogP contribution in [0.2, 0.25) is 0 Å². The smallest absolute Gasteiger partial charge is 0.0619 e. The summed E-state index contributed by atoms with van der Waals surface area (Å²) in [4.78, 5) is 0. The molecule has 0 bridgehead atoms. The summed E-state index contributed by atoms with van der Waals surface area (Å²) in [5.74, 6) is 3.04. The Morgan fingerprint density at radius 3 is 2.13 bits per heavy atom. The van der Waals surface area contributed by atoms with Gasteiger partial charge < -0.3 is 4.74 Å². The molecule has 1 aliphatic heterocycles. The van der Waals surface area contributed by atoms with Gasteiger partial charge in [-0.25, -0.2) is 0 Å². The summed E-state index contributed by atoms with van der Waals surface area (Å²) < 4.78 is 6.10. The summed E-state index contributed by atoms with van der Waals surface area (Å²) in [6.45, 7) is 22.0. The van der Waals surface area contributed by atoms with Gasteiger partial charge in [0.05, 0.1) is 12.2 Å². The van der Waals surface area contributed by atoms with E-state index in [1.54, 1.807) is 0 Å². The standard InChI is InChI=1S/C18H30O.2C2H6/c1-11-15-7-9-18(4,5)8-6-14(15)10-16-12(2)19-13(3)17(11)16;2*1-2/h12-17H,1,6-10H2,2-5H3;2*1-2H3. The van der Waals surface area contributed by atoms with E-state index in [4.69, 9.17) is 4.74 Å². The highest BCUT2D eigenvalue weighted by Gasteiger charge is 2.49. The summed E-state index contributed by atoms with van der Waals surface area (Å²) in [7, 11) is 0. The highest BCUT2D eigenvalue weighted by molar-refractivity contribution is 5.18. The SMILES string of the molecule is C=C1C2CCC(C)(C)CCC2CC2C(C)OC(C)C12.CC.CC. The van der Waals surface area contributed by atoms with Crippen molar-refractivity contribution in [3.63, 3.8) is 0 Å². The Labute approximate surface area is 146 Å². The van der Waals surface area contributed by atoms with Crippen LogP contribution in [0.5, 0.6) is 0 Å². The van der Waals surface area contributed by atoms with Gasteiger partial charge in [-0.2, -0.15) is 0 Å². The second-order valence-corrected chi connectivity index (χ2v) is 8.15. The van der Waals surface area contributed by atoms with E-state index in [0.717, 1.165) is 17.8 Å². The van der Waals surface area contributed by atoms with E-state index in [2.05, 4.69) is 34.3 Å². The monoisotopic (exact) mass is 322 g/mol. The second-order valence-electron chi connectivity index (χ2n) is 8.15. The average Bonchev–Trinajstić information content (AvgIpc) is 2.72. The Morgan fingerprint density at radius 2 is 1.52 bits per heavy atom. The predicted octanol–water partition coefficient (Wildman–Crippen LogP) is 6.87. The first-order valence-corrected chi connectivity index (χ1v) is 10.2.